The minimum atomic E-state index is -0.710. The number of allylic oxidation sites excluding steroid dienone is 1. The van der Waals surface area contributed by atoms with Gasteiger partial charge in [-0.05, 0) is 23.8 Å². The molecule has 0 aromatic carbocycles. The number of carbonyl (C=O) groups excluding carboxylic acids is 3. The lowest BCUT2D eigenvalue weighted by atomic mass is 9.73. The van der Waals surface area contributed by atoms with Crippen molar-refractivity contribution in [2.75, 3.05) is 14.2 Å². The second-order valence-corrected chi connectivity index (χ2v) is 5.25. The Bertz CT molecular complexity index is 451. The van der Waals surface area contributed by atoms with E-state index in [9.17, 15) is 14.4 Å². The average Bonchev–Trinajstić information content (AvgIpc) is 2.70. The van der Waals surface area contributed by atoms with E-state index in [1.165, 1.54) is 14.2 Å². The van der Waals surface area contributed by atoms with Crippen molar-refractivity contribution in [1.29, 1.82) is 0 Å². The molecular weight excluding hydrogens is 248 g/mol. The number of esters is 2. The van der Waals surface area contributed by atoms with Crippen LogP contribution in [0, 0.1) is 23.7 Å². The van der Waals surface area contributed by atoms with Crippen molar-refractivity contribution in [2.24, 2.45) is 23.7 Å². The first-order valence-corrected chi connectivity index (χ1v) is 6.40. The monoisotopic (exact) mass is 266 g/mol. The van der Waals surface area contributed by atoms with Gasteiger partial charge in [-0.1, -0.05) is 13.0 Å². The normalized spacial score (nSPS) is 33.4. The summed E-state index contributed by atoms with van der Waals surface area (Å²) in [4.78, 5) is 35.5. The van der Waals surface area contributed by atoms with Crippen molar-refractivity contribution < 1.29 is 23.9 Å². The Labute approximate surface area is 111 Å². The molecule has 2 rings (SSSR count). The molecule has 2 aliphatic carbocycles. The van der Waals surface area contributed by atoms with Gasteiger partial charge in [0.2, 0.25) is 0 Å². The molecule has 1 fully saturated rings. The van der Waals surface area contributed by atoms with E-state index in [2.05, 4.69) is 0 Å². The highest BCUT2D eigenvalue weighted by atomic mass is 16.5. The summed E-state index contributed by atoms with van der Waals surface area (Å²) >= 11 is 0. The molecule has 0 saturated heterocycles. The van der Waals surface area contributed by atoms with Crippen LogP contribution in [0.15, 0.2) is 11.6 Å². The van der Waals surface area contributed by atoms with Gasteiger partial charge in [0.1, 0.15) is 0 Å². The van der Waals surface area contributed by atoms with Crippen LogP contribution < -0.4 is 0 Å². The quantitative estimate of drug-likeness (QED) is 0.700. The lowest BCUT2D eigenvalue weighted by Crippen LogP contribution is -2.36. The Morgan fingerprint density at radius 2 is 1.84 bits per heavy atom. The maximum absolute atomic E-state index is 11.9. The van der Waals surface area contributed by atoms with Gasteiger partial charge in [-0.25, -0.2) is 0 Å². The minimum Gasteiger partial charge on any atom is -0.469 e. The van der Waals surface area contributed by atoms with Crippen LogP contribution >= 0.6 is 0 Å². The average molecular weight is 266 g/mol. The predicted molar refractivity (Wildman–Crippen MR) is 66.0 cm³/mol. The molecule has 19 heavy (non-hydrogen) atoms. The van der Waals surface area contributed by atoms with Gasteiger partial charge in [0.05, 0.1) is 26.1 Å². The third kappa shape index (κ3) is 2.29. The number of fused-ring (bicyclic) bond motifs is 1. The van der Waals surface area contributed by atoms with E-state index in [0.29, 0.717) is 18.4 Å². The number of carbonyl (C=O) groups is 3. The van der Waals surface area contributed by atoms with Gasteiger partial charge in [0.15, 0.2) is 5.78 Å². The van der Waals surface area contributed by atoms with E-state index < -0.39 is 23.8 Å². The Kier molecular flexibility index (Phi) is 3.73. The van der Waals surface area contributed by atoms with E-state index in [1.54, 1.807) is 6.08 Å². The summed E-state index contributed by atoms with van der Waals surface area (Å²) in [6.07, 6.45) is 2.58. The summed E-state index contributed by atoms with van der Waals surface area (Å²) in [5.74, 6) is -1.83. The molecule has 0 aliphatic heterocycles. The highest BCUT2D eigenvalue weighted by Crippen LogP contribution is 2.44. The summed E-state index contributed by atoms with van der Waals surface area (Å²) in [6, 6.07) is 0. The van der Waals surface area contributed by atoms with Crippen LogP contribution in [0.1, 0.15) is 19.8 Å². The standard InChI is InChI=1S/C14H18O5/c1-7-4-12(15)9-6-11(14(17)19-3)10(5-8(7)9)13(16)18-2/h6-8,10-11H,4-5H2,1-3H3/t7-,8+,10+,11-/m1/s1. The third-order valence-electron chi connectivity index (χ3n) is 4.19. The van der Waals surface area contributed by atoms with Gasteiger partial charge in [-0.3, -0.25) is 14.4 Å². The van der Waals surface area contributed by atoms with Crippen molar-refractivity contribution in [3.8, 4) is 0 Å². The number of hydrogen-bond donors (Lipinski definition) is 0. The number of rotatable bonds is 2. The van der Waals surface area contributed by atoms with E-state index in [1.807, 2.05) is 6.92 Å². The van der Waals surface area contributed by atoms with Crippen molar-refractivity contribution in [2.45, 2.75) is 19.8 Å². The summed E-state index contributed by atoms with van der Waals surface area (Å²) < 4.78 is 9.49. The first-order chi connectivity index (χ1) is 8.99. The number of hydrogen-bond acceptors (Lipinski definition) is 5. The lowest BCUT2D eigenvalue weighted by Gasteiger charge is -2.30. The molecule has 0 spiro atoms. The molecule has 1 saturated carbocycles. The van der Waals surface area contributed by atoms with Crippen LogP contribution in [0.3, 0.4) is 0 Å². The Hall–Kier alpha value is -1.65. The van der Waals surface area contributed by atoms with Gasteiger partial charge in [-0.2, -0.15) is 0 Å². The highest BCUT2D eigenvalue weighted by molar-refractivity contribution is 6.00. The van der Waals surface area contributed by atoms with Gasteiger partial charge < -0.3 is 9.47 Å². The fourth-order valence-corrected chi connectivity index (χ4v) is 3.13. The zero-order valence-electron chi connectivity index (χ0n) is 11.3. The number of methoxy groups -OCH3 is 2. The van der Waals surface area contributed by atoms with Gasteiger partial charge in [0.25, 0.3) is 0 Å². The van der Waals surface area contributed by atoms with Gasteiger partial charge in [0, 0.05) is 6.42 Å². The smallest absolute Gasteiger partial charge is 0.313 e. The molecule has 0 N–H and O–H groups in total. The Morgan fingerprint density at radius 3 is 2.42 bits per heavy atom. The van der Waals surface area contributed by atoms with E-state index in [-0.39, 0.29) is 17.6 Å². The third-order valence-corrected chi connectivity index (χ3v) is 4.19. The van der Waals surface area contributed by atoms with Crippen LogP contribution in [-0.2, 0) is 23.9 Å². The van der Waals surface area contributed by atoms with E-state index in [4.69, 9.17) is 9.47 Å². The molecule has 0 radical (unpaired) electrons. The molecule has 4 atom stereocenters. The molecule has 5 nitrogen and oxygen atoms in total. The minimum absolute atomic E-state index is 0.0532. The van der Waals surface area contributed by atoms with Crippen LogP contribution in [-0.4, -0.2) is 31.9 Å². The molecule has 0 unspecified atom stereocenters. The largest absolute Gasteiger partial charge is 0.469 e. The van der Waals surface area contributed by atoms with Gasteiger partial charge >= 0.3 is 11.9 Å². The number of ether oxygens (including phenoxy) is 2. The van der Waals surface area contributed by atoms with E-state index >= 15 is 0 Å². The summed E-state index contributed by atoms with van der Waals surface area (Å²) in [5.41, 5.74) is 0.683. The van der Waals surface area contributed by atoms with Crippen molar-refractivity contribution in [3.05, 3.63) is 11.6 Å². The second-order valence-electron chi connectivity index (χ2n) is 5.25. The van der Waals surface area contributed by atoms with E-state index in [0.717, 1.165) is 0 Å². The lowest BCUT2D eigenvalue weighted by molar-refractivity contribution is -0.156. The number of Topliss-reactive ketones (excluding diaryl/α,β-unsaturated/α-hetero) is 1. The maximum Gasteiger partial charge on any atom is 0.313 e. The van der Waals surface area contributed by atoms with Crippen molar-refractivity contribution in [1.82, 2.24) is 0 Å². The predicted octanol–water partition coefficient (Wildman–Crippen LogP) is 1.12. The molecule has 0 amide bonds. The fourth-order valence-electron chi connectivity index (χ4n) is 3.13. The first-order valence-electron chi connectivity index (χ1n) is 6.40. The Morgan fingerprint density at radius 1 is 1.21 bits per heavy atom. The molecule has 2 aliphatic rings. The summed E-state index contributed by atoms with van der Waals surface area (Å²) in [7, 11) is 2.58. The van der Waals surface area contributed by atoms with Gasteiger partial charge in [-0.15, -0.1) is 0 Å². The van der Waals surface area contributed by atoms with Crippen LogP contribution in [0.4, 0.5) is 0 Å². The topological polar surface area (TPSA) is 69.7 Å². The van der Waals surface area contributed by atoms with Crippen molar-refractivity contribution in [3.63, 3.8) is 0 Å². The molecule has 0 bridgehead atoms. The van der Waals surface area contributed by atoms with Crippen molar-refractivity contribution >= 4 is 17.7 Å². The molecule has 104 valence electrons. The van der Waals surface area contributed by atoms with Crippen LogP contribution in [0.5, 0.6) is 0 Å². The highest BCUT2D eigenvalue weighted by Gasteiger charge is 2.46. The van der Waals surface area contributed by atoms with Crippen LogP contribution in [0.25, 0.3) is 0 Å². The zero-order valence-corrected chi connectivity index (χ0v) is 11.3. The molecular formula is C14H18O5. The zero-order chi connectivity index (χ0) is 14.2. The fraction of sp³-hybridized carbons (Fsp3) is 0.643. The van der Waals surface area contributed by atoms with Crippen LogP contribution in [0.2, 0.25) is 0 Å². The molecule has 5 heteroatoms. The second kappa shape index (κ2) is 5.15. The number of ketones is 1. The SMILES string of the molecule is COC(=O)[C@H]1C[C@@H]2C(=C[C@H]1C(=O)OC)C(=O)C[C@H]2C. The molecule has 0 heterocycles. The maximum atomic E-state index is 11.9. The summed E-state index contributed by atoms with van der Waals surface area (Å²) in [5, 5.41) is 0. The molecule has 0 aromatic heterocycles. The molecule has 0 aromatic rings. The summed E-state index contributed by atoms with van der Waals surface area (Å²) in [6.45, 7) is 2.00. The Balaban J connectivity index is 2.37. The first kappa shape index (κ1) is 13.8.